The number of rotatable bonds is 4. The van der Waals surface area contributed by atoms with E-state index >= 15 is 0 Å². The van der Waals surface area contributed by atoms with Crippen molar-refractivity contribution in [2.24, 2.45) is 5.92 Å². The van der Waals surface area contributed by atoms with Crippen LogP contribution in [0.1, 0.15) is 38.2 Å². The Morgan fingerprint density at radius 1 is 1.24 bits per heavy atom. The SMILES string of the molecule is C[C@H]1CCCC[C@@H]1Oc1ccccc1CCO. The summed E-state index contributed by atoms with van der Waals surface area (Å²) in [6.45, 7) is 2.46. The van der Waals surface area contributed by atoms with Gasteiger partial charge in [-0.05, 0) is 43.2 Å². The molecule has 2 rings (SSSR count). The molecule has 1 aliphatic carbocycles. The van der Waals surface area contributed by atoms with Crippen LogP contribution in [0.3, 0.4) is 0 Å². The van der Waals surface area contributed by atoms with E-state index in [4.69, 9.17) is 9.84 Å². The van der Waals surface area contributed by atoms with Gasteiger partial charge in [-0.1, -0.05) is 31.5 Å². The molecule has 0 bridgehead atoms. The Kier molecular flexibility index (Phi) is 4.43. The molecule has 0 aliphatic heterocycles. The molecule has 0 radical (unpaired) electrons. The number of para-hydroxylation sites is 1. The van der Waals surface area contributed by atoms with Crippen molar-refractivity contribution in [2.45, 2.75) is 45.1 Å². The van der Waals surface area contributed by atoms with E-state index in [2.05, 4.69) is 6.92 Å². The predicted octanol–water partition coefficient (Wildman–Crippen LogP) is 3.18. The van der Waals surface area contributed by atoms with Gasteiger partial charge in [0.25, 0.3) is 0 Å². The molecule has 1 fully saturated rings. The molecule has 17 heavy (non-hydrogen) atoms. The van der Waals surface area contributed by atoms with Gasteiger partial charge in [-0.15, -0.1) is 0 Å². The van der Waals surface area contributed by atoms with Crippen LogP contribution < -0.4 is 4.74 Å². The maximum absolute atomic E-state index is 9.05. The predicted molar refractivity (Wildman–Crippen MR) is 69.3 cm³/mol. The number of benzene rings is 1. The fourth-order valence-corrected chi connectivity index (χ4v) is 2.57. The molecule has 0 unspecified atom stereocenters. The van der Waals surface area contributed by atoms with Gasteiger partial charge < -0.3 is 9.84 Å². The second-order valence-corrected chi connectivity index (χ2v) is 5.00. The summed E-state index contributed by atoms with van der Waals surface area (Å²) in [5.74, 6) is 1.60. The van der Waals surface area contributed by atoms with Crippen LogP contribution in [0.2, 0.25) is 0 Å². The second-order valence-electron chi connectivity index (χ2n) is 5.00. The monoisotopic (exact) mass is 234 g/mol. The standard InChI is InChI=1S/C15H22O2/c1-12-6-2-4-8-14(12)17-15-9-5-3-7-13(15)10-11-16/h3,5,7,9,12,14,16H,2,4,6,8,10-11H2,1H3/t12-,14-/m0/s1. The van der Waals surface area contributed by atoms with Gasteiger partial charge in [0.2, 0.25) is 0 Å². The number of hydrogen-bond donors (Lipinski definition) is 1. The molecule has 0 spiro atoms. The smallest absolute Gasteiger partial charge is 0.123 e. The van der Waals surface area contributed by atoms with Crippen LogP contribution in [0, 0.1) is 5.92 Å². The quantitative estimate of drug-likeness (QED) is 0.867. The van der Waals surface area contributed by atoms with Gasteiger partial charge in [0, 0.05) is 6.61 Å². The van der Waals surface area contributed by atoms with Gasteiger partial charge in [-0.25, -0.2) is 0 Å². The van der Waals surface area contributed by atoms with E-state index < -0.39 is 0 Å². The summed E-state index contributed by atoms with van der Waals surface area (Å²) < 4.78 is 6.14. The molecule has 0 saturated heterocycles. The Balaban J connectivity index is 2.06. The lowest BCUT2D eigenvalue weighted by Gasteiger charge is -2.30. The van der Waals surface area contributed by atoms with Gasteiger partial charge in [0.1, 0.15) is 11.9 Å². The van der Waals surface area contributed by atoms with Crippen molar-refractivity contribution in [3.05, 3.63) is 29.8 Å². The van der Waals surface area contributed by atoms with Crippen molar-refractivity contribution in [1.82, 2.24) is 0 Å². The minimum atomic E-state index is 0.181. The Bertz CT molecular complexity index is 349. The summed E-state index contributed by atoms with van der Waals surface area (Å²) in [7, 11) is 0. The lowest BCUT2D eigenvalue weighted by molar-refractivity contribution is 0.101. The lowest BCUT2D eigenvalue weighted by atomic mass is 9.88. The van der Waals surface area contributed by atoms with Gasteiger partial charge in [0.15, 0.2) is 0 Å². The summed E-state index contributed by atoms with van der Waals surface area (Å²) in [6, 6.07) is 8.07. The van der Waals surface area contributed by atoms with Crippen molar-refractivity contribution < 1.29 is 9.84 Å². The molecule has 0 amide bonds. The van der Waals surface area contributed by atoms with Gasteiger partial charge in [-0.2, -0.15) is 0 Å². The Labute approximate surface area is 104 Å². The number of ether oxygens (including phenoxy) is 1. The molecule has 0 aromatic heterocycles. The van der Waals surface area contributed by atoms with Crippen molar-refractivity contribution >= 4 is 0 Å². The molecule has 94 valence electrons. The zero-order valence-corrected chi connectivity index (χ0v) is 10.6. The minimum Gasteiger partial charge on any atom is -0.490 e. The zero-order chi connectivity index (χ0) is 12.1. The number of hydrogen-bond acceptors (Lipinski definition) is 2. The first kappa shape index (κ1) is 12.4. The van der Waals surface area contributed by atoms with E-state index in [0.717, 1.165) is 17.7 Å². The first-order valence-electron chi connectivity index (χ1n) is 6.66. The molecule has 1 saturated carbocycles. The van der Waals surface area contributed by atoms with Crippen molar-refractivity contribution in [3.63, 3.8) is 0 Å². The molecule has 1 N–H and O–H groups in total. The van der Waals surface area contributed by atoms with E-state index in [-0.39, 0.29) is 6.61 Å². The first-order chi connectivity index (χ1) is 8.31. The van der Waals surface area contributed by atoms with Crippen LogP contribution in [0.4, 0.5) is 0 Å². The fourth-order valence-electron chi connectivity index (χ4n) is 2.57. The second kappa shape index (κ2) is 6.06. The van der Waals surface area contributed by atoms with E-state index in [1.807, 2.05) is 24.3 Å². The normalized spacial score (nSPS) is 24.6. The zero-order valence-electron chi connectivity index (χ0n) is 10.6. The third-order valence-electron chi connectivity index (χ3n) is 3.66. The molecule has 1 aromatic carbocycles. The van der Waals surface area contributed by atoms with Crippen LogP contribution in [0.5, 0.6) is 5.75 Å². The highest BCUT2D eigenvalue weighted by molar-refractivity contribution is 5.33. The molecule has 1 aromatic rings. The van der Waals surface area contributed by atoms with Gasteiger partial charge in [0.05, 0.1) is 0 Å². The average molecular weight is 234 g/mol. The van der Waals surface area contributed by atoms with Crippen LogP contribution in [-0.4, -0.2) is 17.8 Å². The molecule has 2 nitrogen and oxygen atoms in total. The summed E-state index contributed by atoms with van der Waals surface area (Å²) in [4.78, 5) is 0. The molecule has 0 heterocycles. The highest BCUT2D eigenvalue weighted by atomic mass is 16.5. The first-order valence-corrected chi connectivity index (χ1v) is 6.66. The summed E-state index contributed by atoms with van der Waals surface area (Å²) >= 11 is 0. The largest absolute Gasteiger partial charge is 0.490 e. The van der Waals surface area contributed by atoms with Crippen LogP contribution in [0.25, 0.3) is 0 Å². The van der Waals surface area contributed by atoms with Gasteiger partial charge in [-0.3, -0.25) is 0 Å². The third-order valence-corrected chi connectivity index (χ3v) is 3.66. The maximum atomic E-state index is 9.05. The summed E-state index contributed by atoms with van der Waals surface area (Å²) in [5, 5.41) is 9.05. The van der Waals surface area contributed by atoms with Crippen molar-refractivity contribution in [1.29, 1.82) is 0 Å². The van der Waals surface area contributed by atoms with E-state index in [0.29, 0.717) is 18.4 Å². The lowest BCUT2D eigenvalue weighted by Crippen LogP contribution is -2.28. The van der Waals surface area contributed by atoms with Gasteiger partial charge >= 0.3 is 0 Å². The topological polar surface area (TPSA) is 29.5 Å². The minimum absolute atomic E-state index is 0.181. The Hall–Kier alpha value is -1.02. The summed E-state index contributed by atoms with van der Waals surface area (Å²) in [6.07, 6.45) is 6.07. The molecule has 2 heteroatoms. The molecular weight excluding hydrogens is 212 g/mol. The van der Waals surface area contributed by atoms with E-state index in [1.54, 1.807) is 0 Å². The van der Waals surface area contributed by atoms with Crippen LogP contribution in [-0.2, 0) is 6.42 Å². The number of aliphatic hydroxyl groups excluding tert-OH is 1. The van der Waals surface area contributed by atoms with E-state index in [1.165, 1.54) is 19.3 Å². The Morgan fingerprint density at radius 2 is 2.00 bits per heavy atom. The van der Waals surface area contributed by atoms with Crippen LogP contribution >= 0.6 is 0 Å². The number of aliphatic hydroxyl groups is 1. The van der Waals surface area contributed by atoms with Crippen molar-refractivity contribution in [3.8, 4) is 5.75 Å². The molecule has 2 atom stereocenters. The average Bonchev–Trinajstić information content (AvgIpc) is 2.35. The molecule has 1 aliphatic rings. The van der Waals surface area contributed by atoms with Crippen molar-refractivity contribution in [2.75, 3.05) is 6.61 Å². The highest BCUT2D eigenvalue weighted by Crippen LogP contribution is 2.29. The summed E-state index contributed by atoms with van der Waals surface area (Å²) in [5.41, 5.74) is 1.12. The fraction of sp³-hybridized carbons (Fsp3) is 0.600. The molecular formula is C15H22O2. The van der Waals surface area contributed by atoms with E-state index in [9.17, 15) is 0 Å². The highest BCUT2D eigenvalue weighted by Gasteiger charge is 2.23. The Morgan fingerprint density at radius 3 is 2.76 bits per heavy atom. The third kappa shape index (κ3) is 3.22. The maximum Gasteiger partial charge on any atom is 0.123 e. The van der Waals surface area contributed by atoms with Crippen LogP contribution in [0.15, 0.2) is 24.3 Å².